The van der Waals surface area contributed by atoms with Gasteiger partial charge in [-0.1, -0.05) is 0 Å². The van der Waals surface area contributed by atoms with Crippen molar-refractivity contribution < 1.29 is 0 Å². The number of fused-ring (bicyclic) bond motifs is 1. The summed E-state index contributed by atoms with van der Waals surface area (Å²) >= 11 is 3.33. The third-order valence-corrected chi connectivity index (χ3v) is 2.82. The van der Waals surface area contributed by atoms with Crippen LogP contribution < -0.4 is 5.43 Å². The molecular formula is C11H7BrN4O. The zero-order valence-corrected chi connectivity index (χ0v) is 10.2. The maximum atomic E-state index is 11.7. The Morgan fingerprint density at radius 2 is 2.24 bits per heavy atom. The van der Waals surface area contributed by atoms with Gasteiger partial charge in [0.1, 0.15) is 5.82 Å². The maximum absolute atomic E-state index is 11.7. The van der Waals surface area contributed by atoms with E-state index in [4.69, 9.17) is 0 Å². The molecule has 17 heavy (non-hydrogen) atoms. The summed E-state index contributed by atoms with van der Waals surface area (Å²) in [6.45, 7) is 0. The number of nitrogens with one attached hydrogen (secondary N) is 2. The lowest BCUT2D eigenvalue weighted by Gasteiger charge is -1.92. The SMILES string of the molecule is O=c1cc[nH]cc1-c1nc2ncc(Br)cc2[nH]1. The molecule has 0 unspecified atom stereocenters. The fourth-order valence-corrected chi connectivity index (χ4v) is 1.93. The van der Waals surface area contributed by atoms with Crippen LogP contribution in [0.2, 0.25) is 0 Å². The Morgan fingerprint density at radius 1 is 1.35 bits per heavy atom. The average Bonchev–Trinajstić information content (AvgIpc) is 2.72. The Balaban J connectivity index is 2.25. The summed E-state index contributed by atoms with van der Waals surface area (Å²) in [6, 6.07) is 3.34. The first kappa shape index (κ1) is 10.2. The van der Waals surface area contributed by atoms with E-state index in [-0.39, 0.29) is 5.43 Å². The maximum Gasteiger partial charge on any atom is 0.192 e. The van der Waals surface area contributed by atoms with Crippen molar-refractivity contribution in [1.29, 1.82) is 0 Å². The van der Waals surface area contributed by atoms with Gasteiger partial charge in [0.05, 0.1) is 11.1 Å². The van der Waals surface area contributed by atoms with Crippen LogP contribution in [0, 0.1) is 0 Å². The van der Waals surface area contributed by atoms with E-state index in [2.05, 4.69) is 35.9 Å². The van der Waals surface area contributed by atoms with E-state index in [1.165, 1.54) is 6.07 Å². The molecule has 0 saturated carbocycles. The van der Waals surface area contributed by atoms with Gasteiger partial charge in [0, 0.05) is 29.1 Å². The molecule has 0 saturated heterocycles. The molecule has 3 aromatic heterocycles. The summed E-state index contributed by atoms with van der Waals surface area (Å²) in [5, 5.41) is 0. The van der Waals surface area contributed by atoms with Gasteiger partial charge in [0.15, 0.2) is 11.1 Å². The second-order valence-electron chi connectivity index (χ2n) is 3.53. The Morgan fingerprint density at radius 3 is 3.06 bits per heavy atom. The first-order valence-corrected chi connectivity index (χ1v) is 5.72. The predicted octanol–water partition coefficient (Wildman–Crippen LogP) is 2.08. The summed E-state index contributed by atoms with van der Waals surface area (Å²) < 4.78 is 0.863. The van der Waals surface area contributed by atoms with E-state index in [0.717, 1.165) is 9.99 Å². The normalized spacial score (nSPS) is 10.9. The average molecular weight is 291 g/mol. The van der Waals surface area contributed by atoms with Gasteiger partial charge in [-0.3, -0.25) is 4.79 Å². The predicted molar refractivity (Wildman–Crippen MR) is 67.6 cm³/mol. The molecule has 2 N–H and O–H groups in total. The molecule has 3 aromatic rings. The molecule has 0 aliphatic carbocycles. The van der Waals surface area contributed by atoms with E-state index in [1.54, 1.807) is 18.6 Å². The van der Waals surface area contributed by atoms with Crippen LogP contribution in [0.4, 0.5) is 0 Å². The van der Waals surface area contributed by atoms with E-state index < -0.39 is 0 Å². The Labute approximate surface area is 104 Å². The quantitative estimate of drug-likeness (QED) is 0.720. The highest BCUT2D eigenvalue weighted by Crippen LogP contribution is 2.18. The third kappa shape index (κ3) is 1.76. The van der Waals surface area contributed by atoms with Crippen LogP contribution in [0.15, 0.2) is 40.0 Å². The van der Waals surface area contributed by atoms with Crippen molar-refractivity contribution in [3.05, 3.63) is 45.4 Å². The zero-order valence-electron chi connectivity index (χ0n) is 8.57. The standard InChI is InChI=1S/C11H7BrN4O/c12-6-3-8-11(14-4-6)16-10(15-8)7-5-13-2-1-9(7)17/h1-5H,(H,13,17)(H,14,15,16). The van der Waals surface area contributed by atoms with Crippen LogP contribution in [-0.4, -0.2) is 19.9 Å². The highest BCUT2D eigenvalue weighted by atomic mass is 79.9. The van der Waals surface area contributed by atoms with Gasteiger partial charge in [-0.2, -0.15) is 0 Å². The fraction of sp³-hybridized carbons (Fsp3) is 0. The summed E-state index contributed by atoms with van der Waals surface area (Å²) in [4.78, 5) is 26.0. The molecule has 0 amide bonds. The van der Waals surface area contributed by atoms with Gasteiger partial charge in [-0.25, -0.2) is 9.97 Å². The van der Waals surface area contributed by atoms with Crippen molar-refractivity contribution in [2.45, 2.75) is 0 Å². The van der Waals surface area contributed by atoms with Crippen molar-refractivity contribution in [1.82, 2.24) is 19.9 Å². The van der Waals surface area contributed by atoms with Gasteiger partial charge < -0.3 is 9.97 Å². The minimum Gasteiger partial charge on any atom is -0.367 e. The van der Waals surface area contributed by atoms with E-state index in [1.807, 2.05) is 6.07 Å². The molecule has 3 rings (SSSR count). The molecule has 3 heterocycles. The number of aromatic nitrogens is 4. The lowest BCUT2D eigenvalue weighted by Crippen LogP contribution is -2.03. The fourth-order valence-electron chi connectivity index (χ4n) is 1.60. The number of hydrogen-bond donors (Lipinski definition) is 2. The third-order valence-electron chi connectivity index (χ3n) is 2.38. The second kappa shape index (κ2) is 3.81. The molecule has 5 nitrogen and oxygen atoms in total. The van der Waals surface area contributed by atoms with Crippen molar-refractivity contribution >= 4 is 27.1 Å². The lowest BCUT2D eigenvalue weighted by molar-refractivity contribution is 1.24. The number of aromatic amines is 2. The highest BCUT2D eigenvalue weighted by Gasteiger charge is 2.08. The number of imidazole rings is 1. The number of rotatable bonds is 1. The molecule has 0 aliphatic heterocycles. The molecule has 0 aliphatic rings. The van der Waals surface area contributed by atoms with Gasteiger partial charge >= 0.3 is 0 Å². The van der Waals surface area contributed by atoms with Crippen molar-refractivity contribution in [3.63, 3.8) is 0 Å². The molecule has 0 aromatic carbocycles. The van der Waals surface area contributed by atoms with Crippen molar-refractivity contribution in [2.24, 2.45) is 0 Å². The van der Waals surface area contributed by atoms with Crippen LogP contribution in [0.5, 0.6) is 0 Å². The summed E-state index contributed by atoms with van der Waals surface area (Å²) in [5.74, 6) is 0.521. The molecular weight excluding hydrogens is 284 g/mol. The summed E-state index contributed by atoms with van der Waals surface area (Å²) in [5.41, 5.74) is 1.80. The Bertz CT molecular complexity index is 746. The lowest BCUT2D eigenvalue weighted by atomic mass is 10.2. The molecule has 0 spiro atoms. The van der Waals surface area contributed by atoms with Gasteiger partial charge in [-0.15, -0.1) is 0 Å². The van der Waals surface area contributed by atoms with Crippen molar-refractivity contribution in [3.8, 4) is 11.4 Å². The zero-order chi connectivity index (χ0) is 11.8. The minimum absolute atomic E-state index is 0.0816. The number of hydrogen-bond acceptors (Lipinski definition) is 3. The second-order valence-corrected chi connectivity index (χ2v) is 4.45. The van der Waals surface area contributed by atoms with E-state index in [9.17, 15) is 4.79 Å². The van der Waals surface area contributed by atoms with E-state index in [0.29, 0.717) is 17.0 Å². The van der Waals surface area contributed by atoms with Crippen LogP contribution in [0.1, 0.15) is 0 Å². The van der Waals surface area contributed by atoms with Gasteiger partial charge in [0.2, 0.25) is 0 Å². The minimum atomic E-state index is -0.0816. The van der Waals surface area contributed by atoms with Crippen LogP contribution in [-0.2, 0) is 0 Å². The van der Waals surface area contributed by atoms with Crippen LogP contribution >= 0.6 is 15.9 Å². The number of halogens is 1. The summed E-state index contributed by atoms with van der Waals surface area (Å²) in [6.07, 6.45) is 4.88. The Hall–Kier alpha value is -1.95. The Kier molecular flexibility index (Phi) is 2.29. The number of H-pyrrole nitrogens is 2. The van der Waals surface area contributed by atoms with Gasteiger partial charge in [0.25, 0.3) is 0 Å². The molecule has 0 bridgehead atoms. The number of pyridine rings is 2. The topological polar surface area (TPSA) is 74.4 Å². The summed E-state index contributed by atoms with van der Waals surface area (Å²) in [7, 11) is 0. The van der Waals surface area contributed by atoms with E-state index >= 15 is 0 Å². The first-order valence-electron chi connectivity index (χ1n) is 4.93. The molecule has 6 heteroatoms. The highest BCUT2D eigenvalue weighted by molar-refractivity contribution is 9.10. The monoisotopic (exact) mass is 290 g/mol. The van der Waals surface area contributed by atoms with Gasteiger partial charge in [-0.05, 0) is 22.0 Å². The first-order chi connectivity index (χ1) is 8.24. The smallest absolute Gasteiger partial charge is 0.192 e. The molecule has 0 radical (unpaired) electrons. The van der Waals surface area contributed by atoms with Crippen molar-refractivity contribution in [2.75, 3.05) is 0 Å². The van der Waals surface area contributed by atoms with Crippen LogP contribution in [0.25, 0.3) is 22.6 Å². The number of nitrogens with zero attached hydrogens (tertiary/aromatic N) is 2. The molecule has 0 fully saturated rings. The molecule has 84 valence electrons. The van der Waals surface area contributed by atoms with Crippen LogP contribution in [0.3, 0.4) is 0 Å². The molecule has 0 atom stereocenters. The largest absolute Gasteiger partial charge is 0.367 e.